The molecule has 3 rings (SSSR count). The first-order valence-electron chi connectivity index (χ1n) is 8.33. The average Bonchev–Trinajstić information content (AvgIpc) is 3.06. The minimum Gasteiger partial charge on any atom is -0.457 e. The molecular formula is C17H22N2O4S2. The Labute approximate surface area is 156 Å². The molecule has 0 aliphatic carbocycles. The molecule has 2 saturated heterocycles. The molecule has 3 heterocycles. The van der Waals surface area contributed by atoms with Crippen molar-refractivity contribution in [3.63, 3.8) is 0 Å². The van der Waals surface area contributed by atoms with E-state index in [1.807, 2.05) is 6.92 Å². The van der Waals surface area contributed by atoms with E-state index in [0.717, 1.165) is 22.9 Å². The van der Waals surface area contributed by atoms with Crippen molar-refractivity contribution in [2.24, 2.45) is 11.8 Å². The molecule has 3 aliphatic heterocycles. The van der Waals surface area contributed by atoms with Gasteiger partial charge in [-0.15, -0.1) is 11.8 Å². The van der Waals surface area contributed by atoms with Gasteiger partial charge >= 0.3 is 5.97 Å². The van der Waals surface area contributed by atoms with Crippen LogP contribution in [-0.2, 0) is 14.3 Å². The summed E-state index contributed by atoms with van der Waals surface area (Å²) in [5, 5.41) is 13.3. The third-order valence-electron chi connectivity index (χ3n) is 4.87. The zero-order chi connectivity index (χ0) is 18.3. The molecular weight excluding hydrogens is 360 g/mol. The lowest BCUT2D eigenvalue weighted by atomic mass is 9.79. The summed E-state index contributed by atoms with van der Waals surface area (Å²) in [6.07, 6.45) is 1.51. The maximum atomic E-state index is 12.6. The average molecular weight is 383 g/mol. The van der Waals surface area contributed by atoms with E-state index in [9.17, 15) is 14.7 Å². The van der Waals surface area contributed by atoms with Crippen LogP contribution in [0.25, 0.3) is 0 Å². The standard InChI is InChI=1S/C17H22N2O4S2/c1-4-5-23-17(22)14-15(25-10-6-11(24)18-7-10)8(2)13-12(9(3)20)16(21)19(13)14/h4,8-10,12-13,20H,1,5-7H2,2-3H3,(H,18,24)/t8-,9-,10-,12-,13-/m1/s1. The van der Waals surface area contributed by atoms with Crippen molar-refractivity contribution in [1.82, 2.24) is 10.2 Å². The first-order valence-corrected chi connectivity index (χ1v) is 9.62. The van der Waals surface area contributed by atoms with Crippen LogP contribution >= 0.6 is 24.0 Å². The summed E-state index contributed by atoms with van der Waals surface area (Å²) in [6.45, 7) is 8.00. The Morgan fingerprint density at radius 1 is 1.64 bits per heavy atom. The number of rotatable bonds is 6. The van der Waals surface area contributed by atoms with Gasteiger partial charge in [-0.3, -0.25) is 4.79 Å². The number of fused-ring (bicyclic) bond motifs is 1. The van der Waals surface area contributed by atoms with Crippen molar-refractivity contribution in [3.8, 4) is 0 Å². The van der Waals surface area contributed by atoms with Crippen molar-refractivity contribution in [2.75, 3.05) is 13.2 Å². The van der Waals surface area contributed by atoms with Crippen molar-refractivity contribution in [1.29, 1.82) is 0 Å². The number of carbonyl (C=O) groups is 2. The molecule has 2 N–H and O–H groups in total. The minimum absolute atomic E-state index is 0.0252. The molecule has 0 unspecified atom stereocenters. The highest BCUT2D eigenvalue weighted by atomic mass is 32.2. The maximum Gasteiger partial charge on any atom is 0.356 e. The lowest BCUT2D eigenvalue weighted by Gasteiger charge is -2.46. The Morgan fingerprint density at radius 3 is 2.92 bits per heavy atom. The molecule has 0 saturated carbocycles. The highest BCUT2D eigenvalue weighted by Gasteiger charge is 2.60. The summed E-state index contributed by atoms with van der Waals surface area (Å²) in [5.74, 6) is -1.23. The van der Waals surface area contributed by atoms with Crippen molar-refractivity contribution >= 4 is 40.8 Å². The van der Waals surface area contributed by atoms with Crippen molar-refractivity contribution in [2.45, 2.75) is 37.7 Å². The van der Waals surface area contributed by atoms with E-state index in [0.29, 0.717) is 5.70 Å². The predicted octanol–water partition coefficient (Wildman–Crippen LogP) is 1.21. The van der Waals surface area contributed by atoms with Gasteiger partial charge in [-0.1, -0.05) is 31.8 Å². The molecule has 6 nitrogen and oxygen atoms in total. The normalized spacial score (nSPS) is 32.2. The molecule has 8 heteroatoms. The van der Waals surface area contributed by atoms with E-state index in [2.05, 4.69) is 11.9 Å². The predicted molar refractivity (Wildman–Crippen MR) is 99.7 cm³/mol. The fourth-order valence-electron chi connectivity index (χ4n) is 3.71. The van der Waals surface area contributed by atoms with Gasteiger partial charge in [0.25, 0.3) is 0 Å². The number of aliphatic hydroxyl groups is 1. The van der Waals surface area contributed by atoms with E-state index in [1.165, 1.54) is 11.0 Å². The largest absolute Gasteiger partial charge is 0.457 e. The number of nitrogens with zero attached hydrogens (tertiary/aromatic N) is 1. The van der Waals surface area contributed by atoms with Gasteiger partial charge in [0.1, 0.15) is 12.3 Å². The lowest BCUT2D eigenvalue weighted by molar-refractivity contribution is -0.164. The third kappa shape index (κ3) is 3.11. The van der Waals surface area contributed by atoms with Gasteiger partial charge < -0.3 is 20.1 Å². The van der Waals surface area contributed by atoms with Crippen LogP contribution in [-0.4, -0.2) is 57.4 Å². The van der Waals surface area contributed by atoms with Gasteiger partial charge in [0.2, 0.25) is 5.91 Å². The topological polar surface area (TPSA) is 78.9 Å². The summed E-state index contributed by atoms with van der Waals surface area (Å²) >= 11 is 6.78. The molecule has 0 radical (unpaired) electrons. The smallest absolute Gasteiger partial charge is 0.356 e. The number of amides is 1. The second-order valence-corrected chi connectivity index (χ2v) is 8.44. The number of ether oxygens (including phenoxy) is 1. The monoisotopic (exact) mass is 382 g/mol. The van der Waals surface area contributed by atoms with E-state index >= 15 is 0 Å². The molecule has 0 aromatic rings. The van der Waals surface area contributed by atoms with Crippen molar-refractivity contribution in [3.05, 3.63) is 23.3 Å². The number of nitrogens with one attached hydrogen (secondary N) is 1. The Hall–Kier alpha value is -1.38. The number of thioether (sulfide) groups is 1. The van der Waals surface area contributed by atoms with E-state index in [1.54, 1.807) is 18.7 Å². The van der Waals surface area contributed by atoms with Crippen molar-refractivity contribution < 1.29 is 19.4 Å². The van der Waals surface area contributed by atoms with Crippen LogP contribution < -0.4 is 5.32 Å². The summed E-state index contributed by atoms with van der Waals surface area (Å²) < 4.78 is 5.21. The third-order valence-corrected chi connectivity index (χ3v) is 6.66. The lowest BCUT2D eigenvalue weighted by Crippen LogP contribution is -2.63. The van der Waals surface area contributed by atoms with Gasteiger partial charge in [-0.25, -0.2) is 4.79 Å². The number of hydrogen-bond donors (Lipinski definition) is 2. The molecule has 136 valence electrons. The first-order chi connectivity index (χ1) is 11.9. The van der Waals surface area contributed by atoms with Crippen LogP contribution in [0.4, 0.5) is 0 Å². The second kappa shape index (κ2) is 7.09. The molecule has 0 aromatic heterocycles. The first kappa shape index (κ1) is 18.4. The number of esters is 1. The SMILES string of the molecule is C=CCOC(=O)C1=C(S[C@H]2CNC(=S)C2)[C@H](C)[C@@H]2[C@@H]([C@@H](C)O)C(=O)N12. The Bertz CT molecular complexity index is 661. The zero-order valence-corrected chi connectivity index (χ0v) is 15.9. The molecule has 2 fully saturated rings. The van der Waals surface area contributed by atoms with Gasteiger partial charge in [0, 0.05) is 29.0 Å². The molecule has 5 atom stereocenters. The Balaban J connectivity index is 1.89. The number of thiocarbonyl (C=S) groups is 1. The number of hydrogen-bond acceptors (Lipinski definition) is 6. The van der Waals surface area contributed by atoms with Crippen LogP contribution in [0.3, 0.4) is 0 Å². The van der Waals surface area contributed by atoms with Gasteiger partial charge in [-0.05, 0) is 6.92 Å². The fraction of sp³-hybridized carbons (Fsp3) is 0.588. The molecule has 1 amide bonds. The van der Waals surface area contributed by atoms with Gasteiger partial charge in [0.05, 0.1) is 23.1 Å². The van der Waals surface area contributed by atoms with Crippen LogP contribution in [0.5, 0.6) is 0 Å². The minimum atomic E-state index is -0.744. The molecule has 0 spiro atoms. The van der Waals surface area contributed by atoms with Crippen LogP contribution in [0, 0.1) is 11.8 Å². The quantitative estimate of drug-likeness (QED) is 0.309. The highest BCUT2D eigenvalue weighted by molar-refractivity contribution is 8.03. The summed E-state index contributed by atoms with van der Waals surface area (Å²) in [6, 6.07) is -0.192. The molecule has 3 aliphatic rings. The highest BCUT2D eigenvalue weighted by Crippen LogP contribution is 2.51. The van der Waals surface area contributed by atoms with Gasteiger partial charge in [0.15, 0.2) is 0 Å². The Kier molecular flexibility index (Phi) is 5.22. The molecule has 0 aromatic carbocycles. The molecule has 25 heavy (non-hydrogen) atoms. The maximum absolute atomic E-state index is 12.6. The van der Waals surface area contributed by atoms with Crippen LogP contribution in [0.1, 0.15) is 20.3 Å². The van der Waals surface area contributed by atoms with E-state index in [-0.39, 0.29) is 29.7 Å². The fourth-order valence-corrected chi connectivity index (χ4v) is 5.53. The number of β-lactam (4-membered cyclic amide) rings is 1. The Morgan fingerprint density at radius 2 is 2.36 bits per heavy atom. The molecule has 0 bridgehead atoms. The summed E-state index contributed by atoms with van der Waals surface area (Å²) in [4.78, 5) is 28.3. The summed E-state index contributed by atoms with van der Waals surface area (Å²) in [5.41, 5.74) is 0.323. The van der Waals surface area contributed by atoms with E-state index < -0.39 is 18.0 Å². The number of carbonyl (C=O) groups excluding carboxylic acids is 2. The summed E-state index contributed by atoms with van der Waals surface area (Å²) in [7, 11) is 0. The van der Waals surface area contributed by atoms with E-state index in [4.69, 9.17) is 17.0 Å². The zero-order valence-electron chi connectivity index (χ0n) is 14.2. The number of aliphatic hydroxyl groups excluding tert-OH is 1. The van der Waals surface area contributed by atoms with Crippen LogP contribution in [0.2, 0.25) is 0 Å². The van der Waals surface area contributed by atoms with Gasteiger partial charge in [-0.2, -0.15) is 0 Å². The van der Waals surface area contributed by atoms with Crippen LogP contribution in [0.15, 0.2) is 23.3 Å². The second-order valence-electron chi connectivity index (χ2n) is 6.60.